The molecular formula is C8H19N3O2S. The van der Waals surface area contributed by atoms with Crippen molar-refractivity contribution in [2.24, 2.45) is 11.7 Å². The Kier molecular flexibility index (Phi) is 5.71. The summed E-state index contributed by atoms with van der Waals surface area (Å²) in [6, 6.07) is 0. The maximum Gasteiger partial charge on any atom is 0.211 e. The maximum absolute atomic E-state index is 11.3. The quantitative estimate of drug-likeness (QED) is 0.327. The second-order valence-electron chi connectivity index (χ2n) is 3.70. The number of hydrogen-bond donors (Lipinski definition) is 3. The van der Waals surface area contributed by atoms with Gasteiger partial charge in [-0.2, -0.15) is 0 Å². The highest BCUT2D eigenvalue weighted by molar-refractivity contribution is 7.89. The molecule has 0 fully saturated rings. The van der Waals surface area contributed by atoms with E-state index in [0.717, 1.165) is 0 Å². The van der Waals surface area contributed by atoms with Gasteiger partial charge in [0.05, 0.1) is 11.6 Å². The van der Waals surface area contributed by atoms with Crippen LogP contribution in [-0.4, -0.2) is 26.6 Å². The van der Waals surface area contributed by atoms with Crippen LogP contribution in [0, 0.1) is 11.3 Å². The molecule has 14 heavy (non-hydrogen) atoms. The molecule has 0 aromatic carbocycles. The van der Waals surface area contributed by atoms with Gasteiger partial charge in [-0.25, -0.2) is 13.1 Å². The van der Waals surface area contributed by atoms with E-state index in [-0.39, 0.29) is 17.5 Å². The minimum atomic E-state index is -3.14. The highest BCUT2D eigenvalue weighted by atomic mass is 32.2. The summed E-state index contributed by atoms with van der Waals surface area (Å²) in [5, 5.41) is 6.94. The second kappa shape index (κ2) is 5.98. The van der Waals surface area contributed by atoms with Crippen molar-refractivity contribution in [2.75, 3.05) is 12.3 Å². The molecule has 0 unspecified atom stereocenters. The van der Waals surface area contributed by atoms with E-state index >= 15 is 0 Å². The zero-order chi connectivity index (χ0) is 11.2. The van der Waals surface area contributed by atoms with Crippen molar-refractivity contribution in [3.05, 3.63) is 0 Å². The second-order valence-corrected chi connectivity index (χ2v) is 5.55. The highest BCUT2D eigenvalue weighted by Crippen LogP contribution is 1.97. The normalized spacial score (nSPS) is 11.9. The monoisotopic (exact) mass is 221 g/mol. The number of nitrogens with two attached hydrogens (primary N) is 1. The van der Waals surface area contributed by atoms with Crippen LogP contribution in [0.2, 0.25) is 0 Å². The first-order chi connectivity index (χ1) is 6.33. The van der Waals surface area contributed by atoms with Crippen molar-refractivity contribution in [3.63, 3.8) is 0 Å². The van der Waals surface area contributed by atoms with Crippen molar-refractivity contribution in [1.82, 2.24) is 4.72 Å². The largest absolute Gasteiger partial charge is 0.388 e. The van der Waals surface area contributed by atoms with E-state index < -0.39 is 10.0 Å². The summed E-state index contributed by atoms with van der Waals surface area (Å²) < 4.78 is 25.0. The third-order valence-corrected chi connectivity index (χ3v) is 3.25. The molecule has 0 atom stereocenters. The first-order valence-corrected chi connectivity index (χ1v) is 6.29. The van der Waals surface area contributed by atoms with Crippen LogP contribution >= 0.6 is 0 Å². The first kappa shape index (κ1) is 13.4. The molecule has 0 aliphatic carbocycles. The van der Waals surface area contributed by atoms with Crippen LogP contribution in [0.5, 0.6) is 0 Å². The van der Waals surface area contributed by atoms with Gasteiger partial charge in [0, 0.05) is 13.0 Å². The van der Waals surface area contributed by atoms with Gasteiger partial charge >= 0.3 is 0 Å². The van der Waals surface area contributed by atoms with Crippen molar-refractivity contribution >= 4 is 15.9 Å². The van der Waals surface area contributed by atoms with Crippen LogP contribution in [0.15, 0.2) is 0 Å². The molecule has 0 aliphatic heterocycles. The lowest BCUT2D eigenvalue weighted by Crippen LogP contribution is -2.29. The first-order valence-electron chi connectivity index (χ1n) is 4.63. The van der Waals surface area contributed by atoms with Crippen molar-refractivity contribution in [1.29, 1.82) is 5.41 Å². The number of hydrogen-bond acceptors (Lipinski definition) is 3. The van der Waals surface area contributed by atoms with Crippen molar-refractivity contribution < 1.29 is 8.42 Å². The van der Waals surface area contributed by atoms with Crippen LogP contribution in [0.25, 0.3) is 0 Å². The van der Waals surface area contributed by atoms with Gasteiger partial charge in [-0.3, -0.25) is 5.41 Å². The molecule has 0 aromatic heterocycles. The molecule has 0 saturated heterocycles. The molecule has 0 bridgehead atoms. The minimum Gasteiger partial charge on any atom is -0.388 e. The number of rotatable bonds is 7. The molecule has 0 amide bonds. The fraction of sp³-hybridized carbons (Fsp3) is 0.875. The van der Waals surface area contributed by atoms with Gasteiger partial charge in [0.25, 0.3) is 0 Å². The van der Waals surface area contributed by atoms with Gasteiger partial charge in [0.1, 0.15) is 0 Å². The molecule has 6 heteroatoms. The fourth-order valence-corrected chi connectivity index (χ4v) is 2.46. The molecule has 0 saturated carbocycles. The van der Waals surface area contributed by atoms with Gasteiger partial charge in [-0.05, 0) is 12.3 Å². The third-order valence-electron chi connectivity index (χ3n) is 1.50. The molecule has 0 rings (SSSR count). The zero-order valence-electron chi connectivity index (χ0n) is 8.71. The molecule has 4 N–H and O–H groups in total. The van der Waals surface area contributed by atoms with Gasteiger partial charge < -0.3 is 5.73 Å². The Morgan fingerprint density at radius 2 is 2.07 bits per heavy atom. The zero-order valence-corrected chi connectivity index (χ0v) is 9.52. The lowest BCUT2D eigenvalue weighted by Gasteiger charge is -2.08. The van der Waals surface area contributed by atoms with Crippen molar-refractivity contribution in [3.8, 4) is 0 Å². The molecule has 0 aliphatic rings. The average Bonchev–Trinajstić information content (AvgIpc) is 1.95. The Hall–Kier alpha value is -0.620. The van der Waals surface area contributed by atoms with E-state index in [1.807, 2.05) is 13.8 Å². The van der Waals surface area contributed by atoms with Gasteiger partial charge in [0.15, 0.2) is 0 Å². The topological polar surface area (TPSA) is 96.0 Å². The van der Waals surface area contributed by atoms with Crippen LogP contribution in [0.4, 0.5) is 0 Å². The Labute approximate surface area is 85.6 Å². The maximum atomic E-state index is 11.3. The summed E-state index contributed by atoms with van der Waals surface area (Å²) in [4.78, 5) is 0. The summed E-state index contributed by atoms with van der Waals surface area (Å²) in [6.45, 7) is 4.07. The summed E-state index contributed by atoms with van der Waals surface area (Å²) >= 11 is 0. The lowest BCUT2D eigenvalue weighted by atomic mass is 10.3. The smallest absolute Gasteiger partial charge is 0.211 e. The molecular weight excluding hydrogens is 202 g/mol. The Balaban J connectivity index is 3.72. The number of sulfonamides is 1. The SMILES string of the molecule is CC(C)CS(=O)(=O)NCCCC(=N)N. The van der Waals surface area contributed by atoms with E-state index in [4.69, 9.17) is 11.1 Å². The van der Waals surface area contributed by atoms with Crippen LogP contribution in [0.3, 0.4) is 0 Å². The summed E-state index contributed by atoms with van der Waals surface area (Å²) in [6.07, 6.45) is 1.01. The van der Waals surface area contributed by atoms with E-state index in [0.29, 0.717) is 19.4 Å². The number of amidine groups is 1. The Bertz CT molecular complexity index is 272. The van der Waals surface area contributed by atoms with Gasteiger partial charge in [-0.1, -0.05) is 13.8 Å². The minimum absolute atomic E-state index is 0.0908. The van der Waals surface area contributed by atoms with Gasteiger partial charge in [0.2, 0.25) is 10.0 Å². The average molecular weight is 221 g/mol. The van der Waals surface area contributed by atoms with Gasteiger partial charge in [-0.15, -0.1) is 0 Å². The Morgan fingerprint density at radius 3 is 2.50 bits per heavy atom. The predicted molar refractivity (Wildman–Crippen MR) is 57.8 cm³/mol. The van der Waals surface area contributed by atoms with E-state index in [9.17, 15) is 8.42 Å². The summed E-state index contributed by atoms with van der Waals surface area (Å²) in [5.41, 5.74) is 5.13. The molecule has 0 spiro atoms. The van der Waals surface area contributed by atoms with E-state index in [1.54, 1.807) is 0 Å². The summed E-state index contributed by atoms with van der Waals surface area (Å²) in [7, 11) is -3.14. The predicted octanol–water partition coefficient (Wildman–Crippen LogP) is 0.278. The fourth-order valence-electron chi connectivity index (χ4n) is 1.00. The molecule has 5 nitrogen and oxygen atoms in total. The molecule has 84 valence electrons. The standard InChI is InChI=1S/C8H19N3O2S/c1-7(2)6-14(12,13)11-5-3-4-8(9)10/h7,11H,3-6H2,1-2H3,(H3,9,10). The molecule has 0 radical (unpaired) electrons. The molecule has 0 aromatic rings. The van der Waals surface area contributed by atoms with Crippen LogP contribution < -0.4 is 10.5 Å². The lowest BCUT2D eigenvalue weighted by molar-refractivity contribution is 0.566. The van der Waals surface area contributed by atoms with E-state index in [1.165, 1.54) is 0 Å². The van der Waals surface area contributed by atoms with Crippen molar-refractivity contribution in [2.45, 2.75) is 26.7 Å². The molecule has 0 heterocycles. The Morgan fingerprint density at radius 1 is 1.50 bits per heavy atom. The third kappa shape index (κ3) is 8.00. The van der Waals surface area contributed by atoms with Crippen LogP contribution in [0.1, 0.15) is 26.7 Å². The highest BCUT2D eigenvalue weighted by Gasteiger charge is 2.11. The summed E-state index contributed by atoms with van der Waals surface area (Å²) in [5.74, 6) is 0.362. The number of nitrogens with one attached hydrogen (secondary N) is 2. The van der Waals surface area contributed by atoms with E-state index in [2.05, 4.69) is 4.72 Å². The van der Waals surface area contributed by atoms with Crippen LogP contribution in [-0.2, 0) is 10.0 Å².